The van der Waals surface area contributed by atoms with Crippen LogP contribution >= 0.6 is 23.2 Å². The van der Waals surface area contributed by atoms with Crippen LogP contribution in [0.25, 0.3) is 0 Å². The Bertz CT molecular complexity index is 678. The number of anilines is 1. The lowest BCUT2D eigenvalue weighted by Gasteiger charge is -2.39. The third-order valence-corrected chi connectivity index (χ3v) is 5.95. The van der Waals surface area contributed by atoms with Crippen LogP contribution in [-0.2, 0) is 4.79 Å². The van der Waals surface area contributed by atoms with Crippen LogP contribution in [0.15, 0.2) is 18.2 Å². The maximum Gasteiger partial charge on any atom is 0.404 e. The van der Waals surface area contributed by atoms with Crippen molar-refractivity contribution in [2.24, 2.45) is 5.92 Å². The fraction of sp³-hybridized carbons (Fsp3) is 0.556. The largest absolute Gasteiger partial charge is 0.465 e. The van der Waals surface area contributed by atoms with Crippen molar-refractivity contribution in [1.82, 2.24) is 10.2 Å². The van der Waals surface area contributed by atoms with Gasteiger partial charge in [-0.15, -0.1) is 0 Å². The molecule has 2 amide bonds. The molecule has 0 aromatic heterocycles. The van der Waals surface area contributed by atoms with Crippen LogP contribution in [0.5, 0.6) is 0 Å². The van der Waals surface area contributed by atoms with E-state index in [9.17, 15) is 9.59 Å². The van der Waals surface area contributed by atoms with Crippen LogP contribution in [0, 0.1) is 5.92 Å². The molecular formula is C18H23Cl2N3O3. The smallest absolute Gasteiger partial charge is 0.404 e. The average Bonchev–Trinajstić information content (AvgIpc) is 2.63. The summed E-state index contributed by atoms with van der Waals surface area (Å²) in [6, 6.07) is 5.46. The Kier molecular flexibility index (Phi) is 6.14. The van der Waals surface area contributed by atoms with E-state index in [1.165, 1.54) is 0 Å². The zero-order valence-corrected chi connectivity index (χ0v) is 16.0. The van der Waals surface area contributed by atoms with Crippen LogP contribution in [0.1, 0.15) is 25.7 Å². The Labute approximate surface area is 163 Å². The van der Waals surface area contributed by atoms with Gasteiger partial charge in [0.15, 0.2) is 0 Å². The number of benzene rings is 1. The first kappa shape index (κ1) is 19.1. The summed E-state index contributed by atoms with van der Waals surface area (Å²) >= 11 is 12.1. The van der Waals surface area contributed by atoms with E-state index in [1.807, 2.05) is 17.0 Å². The number of carboxylic acid groups (broad SMARTS) is 1. The van der Waals surface area contributed by atoms with Crippen molar-refractivity contribution >= 4 is 40.9 Å². The van der Waals surface area contributed by atoms with E-state index in [0.717, 1.165) is 38.0 Å². The molecule has 2 fully saturated rings. The molecule has 1 saturated carbocycles. The highest BCUT2D eigenvalue weighted by molar-refractivity contribution is 6.42. The average molecular weight is 400 g/mol. The van der Waals surface area contributed by atoms with Gasteiger partial charge in [0.05, 0.1) is 10.0 Å². The van der Waals surface area contributed by atoms with Crippen molar-refractivity contribution in [3.05, 3.63) is 28.2 Å². The molecule has 8 heteroatoms. The fourth-order valence-corrected chi connectivity index (χ4v) is 4.14. The molecule has 2 aliphatic rings. The predicted molar refractivity (Wildman–Crippen MR) is 102 cm³/mol. The minimum Gasteiger partial charge on any atom is -0.465 e. The summed E-state index contributed by atoms with van der Waals surface area (Å²) in [5.41, 5.74) is 1.01. The molecule has 1 saturated heterocycles. The zero-order valence-electron chi connectivity index (χ0n) is 14.5. The lowest BCUT2D eigenvalue weighted by atomic mass is 9.84. The Balaban J connectivity index is 1.54. The first-order valence-corrected chi connectivity index (χ1v) is 9.68. The van der Waals surface area contributed by atoms with Gasteiger partial charge in [0.1, 0.15) is 0 Å². The second-order valence-electron chi connectivity index (χ2n) is 6.92. The number of nitrogens with zero attached hydrogens (tertiary/aromatic N) is 2. The zero-order chi connectivity index (χ0) is 18.7. The highest BCUT2D eigenvalue weighted by atomic mass is 35.5. The SMILES string of the molecule is O=C(O)N[C@H]1CCC[C@@H](C(=O)N2CCN(c3ccc(Cl)c(Cl)c3)CC2)C1. The van der Waals surface area contributed by atoms with Crippen molar-refractivity contribution in [3.63, 3.8) is 0 Å². The Morgan fingerprint density at radius 3 is 2.46 bits per heavy atom. The van der Waals surface area contributed by atoms with E-state index in [-0.39, 0.29) is 17.9 Å². The standard InChI is InChI=1S/C18H23Cl2N3O3/c19-15-5-4-14(11-16(15)20)22-6-8-23(9-7-22)17(24)12-2-1-3-13(10-12)21-18(25)26/h4-5,11-13,21H,1-3,6-10H2,(H,25,26)/t12-,13+/m1/s1. The van der Waals surface area contributed by atoms with E-state index in [0.29, 0.717) is 29.6 Å². The monoisotopic (exact) mass is 399 g/mol. The van der Waals surface area contributed by atoms with Gasteiger partial charge in [-0.1, -0.05) is 29.6 Å². The number of hydrogen-bond acceptors (Lipinski definition) is 3. The first-order chi connectivity index (χ1) is 12.4. The van der Waals surface area contributed by atoms with Crippen LogP contribution < -0.4 is 10.2 Å². The molecule has 2 atom stereocenters. The molecule has 0 bridgehead atoms. The predicted octanol–water partition coefficient (Wildman–Crippen LogP) is 3.47. The van der Waals surface area contributed by atoms with E-state index in [2.05, 4.69) is 10.2 Å². The molecule has 1 aromatic carbocycles. The number of carbonyl (C=O) groups is 2. The molecule has 0 unspecified atom stereocenters. The number of piperazine rings is 1. The Hall–Kier alpha value is -1.66. The number of rotatable bonds is 3. The Morgan fingerprint density at radius 1 is 1.08 bits per heavy atom. The van der Waals surface area contributed by atoms with Gasteiger partial charge in [-0.3, -0.25) is 4.79 Å². The van der Waals surface area contributed by atoms with Gasteiger partial charge in [0.2, 0.25) is 5.91 Å². The molecule has 1 aromatic rings. The third-order valence-electron chi connectivity index (χ3n) is 5.21. The van der Waals surface area contributed by atoms with Crippen molar-refractivity contribution < 1.29 is 14.7 Å². The van der Waals surface area contributed by atoms with Gasteiger partial charge in [0, 0.05) is 43.8 Å². The van der Waals surface area contributed by atoms with Gasteiger partial charge in [-0.05, 0) is 37.5 Å². The molecule has 0 radical (unpaired) electrons. The minimum atomic E-state index is -1.02. The molecule has 2 N–H and O–H groups in total. The van der Waals surface area contributed by atoms with Gasteiger partial charge < -0.3 is 20.2 Å². The van der Waals surface area contributed by atoms with Crippen LogP contribution in [0.3, 0.4) is 0 Å². The fourth-order valence-electron chi connectivity index (χ4n) is 3.84. The summed E-state index contributed by atoms with van der Waals surface area (Å²) in [5.74, 6) is 0.0628. The maximum absolute atomic E-state index is 12.8. The third kappa shape index (κ3) is 4.54. The lowest BCUT2D eigenvalue weighted by molar-refractivity contribution is -0.137. The summed E-state index contributed by atoms with van der Waals surface area (Å²) in [5, 5.41) is 12.5. The summed E-state index contributed by atoms with van der Waals surface area (Å²) in [4.78, 5) is 27.8. The molecular weight excluding hydrogens is 377 g/mol. The van der Waals surface area contributed by atoms with E-state index in [1.54, 1.807) is 6.07 Å². The maximum atomic E-state index is 12.8. The summed E-state index contributed by atoms with van der Waals surface area (Å²) in [6.45, 7) is 2.81. The molecule has 26 heavy (non-hydrogen) atoms. The van der Waals surface area contributed by atoms with E-state index >= 15 is 0 Å². The molecule has 1 aliphatic heterocycles. The van der Waals surface area contributed by atoms with Crippen molar-refractivity contribution in [2.45, 2.75) is 31.7 Å². The summed E-state index contributed by atoms with van der Waals surface area (Å²) in [7, 11) is 0. The molecule has 1 aliphatic carbocycles. The first-order valence-electron chi connectivity index (χ1n) is 8.92. The normalized spacial score (nSPS) is 23.6. The second kappa shape index (κ2) is 8.35. The second-order valence-corrected chi connectivity index (χ2v) is 7.74. The quantitative estimate of drug-likeness (QED) is 0.815. The van der Waals surface area contributed by atoms with Crippen LogP contribution in [-0.4, -0.2) is 54.2 Å². The molecule has 3 rings (SSSR count). The number of carbonyl (C=O) groups excluding carboxylic acids is 1. The molecule has 1 heterocycles. The molecule has 0 spiro atoms. The number of halogens is 2. The topological polar surface area (TPSA) is 72.9 Å². The highest BCUT2D eigenvalue weighted by Gasteiger charge is 2.32. The van der Waals surface area contributed by atoms with E-state index < -0.39 is 6.09 Å². The number of hydrogen-bond donors (Lipinski definition) is 2. The minimum absolute atomic E-state index is 0.0860. The van der Waals surface area contributed by atoms with Gasteiger partial charge in [0.25, 0.3) is 0 Å². The summed E-state index contributed by atoms with van der Waals surface area (Å²) < 4.78 is 0. The Morgan fingerprint density at radius 2 is 1.81 bits per heavy atom. The van der Waals surface area contributed by atoms with Crippen molar-refractivity contribution in [1.29, 1.82) is 0 Å². The van der Waals surface area contributed by atoms with Gasteiger partial charge in [-0.25, -0.2) is 4.79 Å². The number of nitrogens with one attached hydrogen (secondary N) is 1. The molecule has 142 valence electrons. The summed E-state index contributed by atoms with van der Waals surface area (Å²) in [6.07, 6.45) is 2.10. The van der Waals surface area contributed by atoms with Crippen LogP contribution in [0.2, 0.25) is 10.0 Å². The van der Waals surface area contributed by atoms with Crippen molar-refractivity contribution in [3.8, 4) is 0 Å². The molecule has 6 nitrogen and oxygen atoms in total. The highest BCUT2D eigenvalue weighted by Crippen LogP contribution is 2.29. The van der Waals surface area contributed by atoms with E-state index in [4.69, 9.17) is 28.3 Å². The number of amides is 2. The van der Waals surface area contributed by atoms with Gasteiger partial charge >= 0.3 is 6.09 Å². The van der Waals surface area contributed by atoms with Crippen molar-refractivity contribution in [2.75, 3.05) is 31.1 Å². The lowest BCUT2D eigenvalue weighted by Crippen LogP contribution is -2.51. The van der Waals surface area contributed by atoms with Crippen LogP contribution in [0.4, 0.5) is 10.5 Å². The van der Waals surface area contributed by atoms with Gasteiger partial charge in [-0.2, -0.15) is 0 Å².